The van der Waals surface area contributed by atoms with Gasteiger partial charge in [0.05, 0.1) is 6.10 Å². The topological polar surface area (TPSA) is 77.8 Å². The van der Waals surface area contributed by atoms with Crippen LogP contribution in [0.5, 0.6) is 0 Å². The van der Waals surface area contributed by atoms with E-state index in [2.05, 4.69) is 0 Å². The molecular weight excluding hydrogens is 270 g/mol. The Bertz CT molecular complexity index is 549. The third-order valence-electron chi connectivity index (χ3n) is 3.16. The molecule has 0 spiro atoms. The molecule has 0 heterocycles. The molecule has 0 aliphatic rings. The van der Waals surface area contributed by atoms with Crippen molar-refractivity contribution < 1.29 is 19.8 Å². The Hall–Kier alpha value is -2.14. The summed E-state index contributed by atoms with van der Waals surface area (Å²) < 4.78 is 0. The van der Waals surface area contributed by atoms with Gasteiger partial charge in [0.1, 0.15) is 0 Å². The Kier molecular flexibility index (Phi) is 6.11. The number of benzene rings is 1. The number of carbonyl (C=O) groups excluding carboxylic acids is 1. The highest BCUT2D eigenvalue weighted by Crippen LogP contribution is 2.15. The largest absolute Gasteiger partial charge is 0.478 e. The van der Waals surface area contributed by atoms with Gasteiger partial charge in [-0.25, -0.2) is 4.79 Å². The first kappa shape index (κ1) is 16.9. The minimum atomic E-state index is -1.03. The fourth-order valence-electron chi connectivity index (χ4n) is 1.82. The monoisotopic (exact) mass is 291 g/mol. The van der Waals surface area contributed by atoms with E-state index in [1.807, 2.05) is 6.92 Å². The van der Waals surface area contributed by atoms with Crippen LogP contribution >= 0.6 is 0 Å². The Morgan fingerprint density at radius 3 is 2.62 bits per heavy atom. The van der Waals surface area contributed by atoms with Crippen LogP contribution in [0.1, 0.15) is 34.8 Å². The molecular formula is C16H21NO4. The zero-order valence-electron chi connectivity index (χ0n) is 12.5. The van der Waals surface area contributed by atoms with Gasteiger partial charge in [0.25, 0.3) is 5.91 Å². The van der Waals surface area contributed by atoms with E-state index in [1.165, 1.54) is 6.08 Å². The van der Waals surface area contributed by atoms with Crippen molar-refractivity contribution in [3.8, 4) is 0 Å². The van der Waals surface area contributed by atoms with Crippen LogP contribution in [0.25, 0.3) is 6.08 Å². The van der Waals surface area contributed by atoms with Crippen LogP contribution in [0.3, 0.4) is 0 Å². The fraction of sp³-hybridized carbons (Fsp3) is 0.375. The zero-order valence-corrected chi connectivity index (χ0v) is 12.5. The van der Waals surface area contributed by atoms with E-state index < -0.39 is 12.1 Å². The van der Waals surface area contributed by atoms with Crippen molar-refractivity contribution in [2.45, 2.75) is 26.4 Å². The van der Waals surface area contributed by atoms with Crippen LogP contribution < -0.4 is 0 Å². The number of hydrogen-bond donors (Lipinski definition) is 2. The standard InChI is InChI=1S/C16H21NO4/c1-11-4-5-14(10-13(11)6-7-15(19)20)16(21)17(3)9-8-12(2)18/h4-7,10,12,18H,8-9H2,1-3H3,(H,19,20)/b7-6+. The molecule has 1 rings (SSSR count). The number of aliphatic hydroxyl groups excluding tert-OH is 1. The van der Waals surface area contributed by atoms with Crippen molar-refractivity contribution in [1.82, 2.24) is 4.90 Å². The number of carboxylic acid groups (broad SMARTS) is 1. The first-order chi connectivity index (χ1) is 9.81. The number of aryl methyl sites for hydroxylation is 1. The van der Waals surface area contributed by atoms with Gasteiger partial charge in [-0.1, -0.05) is 6.07 Å². The molecule has 114 valence electrons. The van der Waals surface area contributed by atoms with Crippen molar-refractivity contribution in [2.24, 2.45) is 0 Å². The summed E-state index contributed by atoms with van der Waals surface area (Å²) in [6, 6.07) is 5.18. The molecule has 0 saturated heterocycles. The number of rotatable bonds is 6. The second-order valence-electron chi connectivity index (χ2n) is 5.11. The molecule has 1 aromatic carbocycles. The predicted molar refractivity (Wildman–Crippen MR) is 81.1 cm³/mol. The number of amides is 1. The maximum atomic E-state index is 12.3. The third-order valence-corrected chi connectivity index (χ3v) is 3.16. The summed E-state index contributed by atoms with van der Waals surface area (Å²) in [5.41, 5.74) is 2.10. The Balaban J connectivity index is 2.90. The summed E-state index contributed by atoms with van der Waals surface area (Å²) in [6.45, 7) is 4.00. The van der Waals surface area contributed by atoms with Crippen molar-refractivity contribution in [3.05, 3.63) is 41.0 Å². The number of hydrogen-bond acceptors (Lipinski definition) is 3. The van der Waals surface area contributed by atoms with Gasteiger partial charge in [0.15, 0.2) is 0 Å². The van der Waals surface area contributed by atoms with E-state index in [-0.39, 0.29) is 5.91 Å². The van der Waals surface area contributed by atoms with Gasteiger partial charge in [-0.3, -0.25) is 4.79 Å². The SMILES string of the molecule is Cc1ccc(C(=O)N(C)CCC(C)O)cc1/C=C/C(=O)O. The van der Waals surface area contributed by atoms with Crippen LogP contribution in [0.15, 0.2) is 24.3 Å². The van der Waals surface area contributed by atoms with E-state index >= 15 is 0 Å². The molecule has 1 unspecified atom stereocenters. The highest BCUT2D eigenvalue weighted by atomic mass is 16.4. The van der Waals surface area contributed by atoms with Crippen LogP contribution in [-0.2, 0) is 4.79 Å². The van der Waals surface area contributed by atoms with Gasteiger partial charge in [-0.05, 0) is 49.6 Å². The molecule has 5 nitrogen and oxygen atoms in total. The Morgan fingerprint density at radius 2 is 2.05 bits per heavy atom. The van der Waals surface area contributed by atoms with Gasteiger partial charge in [-0.2, -0.15) is 0 Å². The van der Waals surface area contributed by atoms with Crippen molar-refractivity contribution in [1.29, 1.82) is 0 Å². The van der Waals surface area contributed by atoms with Gasteiger partial charge >= 0.3 is 5.97 Å². The lowest BCUT2D eigenvalue weighted by atomic mass is 10.0. The highest BCUT2D eigenvalue weighted by molar-refractivity contribution is 5.95. The summed E-state index contributed by atoms with van der Waals surface area (Å²) in [7, 11) is 1.68. The van der Waals surface area contributed by atoms with E-state index in [0.717, 1.165) is 11.6 Å². The highest BCUT2D eigenvalue weighted by Gasteiger charge is 2.13. The van der Waals surface area contributed by atoms with Gasteiger partial charge in [0, 0.05) is 25.2 Å². The molecule has 5 heteroatoms. The van der Waals surface area contributed by atoms with E-state index in [0.29, 0.717) is 24.1 Å². The van der Waals surface area contributed by atoms with Crippen LogP contribution in [-0.4, -0.2) is 46.7 Å². The minimum absolute atomic E-state index is 0.152. The van der Waals surface area contributed by atoms with E-state index in [9.17, 15) is 14.7 Å². The summed E-state index contributed by atoms with van der Waals surface area (Å²) >= 11 is 0. The minimum Gasteiger partial charge on any atom is -0.478 e. The van der Waals surface area contributed by atoms with Crippen molar-refractivity contribution >= 4 is 18.0 Å². The number of nitrogens with zero attached hydrogens (tertiary/aromatic N) is 1. The molecule has 0 fully saturated rings. The first-order valence-corrected chi connectivity index (χ1v) is 6.76. The Labute approximate surface area is 124 Å². The first-order valence-electron chi connectivity index (χ1n) is 6.76. The van der Waals surface area contributed by atoms with E-state index in [4.69, 9.17) is 5.11 Å². The predicted octanol–water partition coefficient (Wildman–Crippen LogP) is 1.94. The lowest BCUT2D eigenvalue weighted by molar-refractivity contribution is -0.131. The average Bonchev–Trinajstić information content (AvgIpc) is 2.42. The molecule has 0 aliphatic carbocycles. The molecule has 1 amide bonds. The molecule has 2 N–H and O–H groups in total. The van der Waals surface area contributed by atoms with Crippen LogP contribution in [0, 0.1) is 6.92 Å². The summed E-state index contributed by atoms with van der Waals surface area (Å²) in [4.78, 5) is 24.4. The zero-order chi connectivity index (χ0) is 16.0. The van der Waals surface area contributed by atoms with Crippen LogP contribution in [0.2, 0.25) is 0 Å². The average molecular weight is 291 g/mol. The smallest absolute Gasteiger partial charge is 0.328 e. The quantitative estimate of drug-likeness (QED) is 0.785. The van der Waals surface area contributed by atoms with Gasteiger partial charge in [0.2, 0.25) is 0 Å². The van der Waals surface area contributed by atoms with Gasteiger partial charge < -0.3 is 15.1 Å². The second kappa shape index (κ2) is 7.59. The second-order valence-corrected chi connectivity index (χ2v) is 5.11. The Morgan fingerprint density at radius 1 is 1.38 bits per heavy atom. The molecule has 21 heavy (non-hydrogen) atoms. The normalized spacial score (nSPS) is 12.4. The molecule has 0 bridgehead atoms. The molecule has 1 atom stereocenters. The molecule has 0 aliphatic heterocycles. The number of carboxylic acids is 1. The lowest BCUT2D eigenvalue weighted by Crippen LogP contribution is -2.29. The van der Waals surface area contributed by atoms with Crippen molar-refractivity contribution in [3.63, 3.8) is 0 Å². The molecule has 1 aromatic rings. The number of aliphatic carboxylic acids is 1. The van der Waals surface area contributed by atoms with Crippen molar-refractivity contribution in [2.75, 3.05) is 13.6 Å². The lowest BCUT2D eigenvalue weighted by Gasteiger charge is -2.18. The maximum absolute atomic E-state index is 12.3. The summed E-state index contributed by atoms with van der Waals surface area (Å²) in [5.74, 6) is -1.18. The third kappa shape index (κ3) is 5.39. The molecule has 0 aromatic heterocycles. The maximum Gasteiger partial charge on any atom is 0.328 e. The summed E-state index contributed by atoms with van der Waals surface area (Å²) in [5, 5.41) is 17.9. The van der Waals surface area contributed by atoms with Gasteiger partial charge in [-0.15, -0.1) is 0 Å². The molecule has 0 radical (unpaired) electrons. The number of carbonyl (C=O) groups is 2. The number of aliphatic hydroxyl groups is 1. The van der Waals surface area contributed by atoms with Crippen LogP contribution in [0.4, 0.5) is 0 Å². The molecule has 0 saturated carbocycles. The van der Waals surface area contributed by atoms with E-state index in [1.54, 1.807) is 37.1 Å². The fourth-order valence-corrected chi connectivity index (χ4v) is 1.82. The summed E-state index contributed by atoms with van der Waals surface area (Å²) in [6.07, 6.45) is 2.59.